The maximum atomic E-state index is 12.7. The fraction of sp³-hybridized carbons (Fsp3) is 0.136. The van der Waals surface area contributed by atoms with E-state index in [1.807, 2.05) is 48.4 Å². The van der Waals surface area contributed by atoms with E-state index in [0.717, 1.165) is 29.6 Å². The van der Waals surface area contributed by atoms with Crippen molar-refractivity contribution >= 4 is 51.5 Å². The van der Waals surface area contributed by atoms with Crippen LogP contribution in [-0.4, -0.2) is 22.9 Å². The third kappa shape index (κ3) is 4.26. The van der Waals surface area contributed by atoms with E-state index < -0.39 is 0 Å². The van der Waals surface area contributed by atoms with Crippen LogP contribution in [0.25, 0.3) is 10.9 Å². The number of benzene rings is 2. The average Bonchev–Trinajstić information content (AvgIpc) is 2.73. The van der Waals surface area contributed by atoms with Crippen LogP contribution in [0.2, 0.25) is 10.3 Å². The molecule has 4 rings (SSSR count). The minimum atomic E-state index is -0.157. The van der Waals surface area contributed by atoms with Gasteiger partial charge in [0.15, 0.2) is 0 Å². The standard InChI is InChI=1S/C22H18Cl2N4O/c1-28(20-18-11-10-15(23)13-19(18)26-22(24)27-20)17-9-5-6-14(12-17)21(29)25-16-7-3-2-4-8-16/h3,5-13H,2,4H2,1H3,(H,25,29). The highest BCUT2D eigenvalue weighted by atomic mass is 35.5. The first-order valence-electron chi connectivity index (χ1n) is 9.16. The van der Waals surface area contributed by atoms with E-state index in [1.165, 1.54) is 0 Å². The second kappa shape index (κ2) is 8.23. The van der Waals surface area contributed by atoms with Gasteiger partial charge in [-0.2, -0.15) is 4.98 Å². The summed E-state index contributed by atoms with van der Waals surface area (Å²) in [7, 11) is 1.87. The van der Waals surface area contributed by atoms with Crippen molar-refractivity contribution in [1.29, 1.82) is 0 Å². The van der Waals surface area contributed by atoms with Gasteiger partial charge in [-0.15, -0.1) is 0 Å². The van der Waals surface area contributed by atoms with E-state index in [1.54, 1.807) is 18.2 Å². The second-order valence-corrected chi connectivity index (χ2v) is 7.45. The average molecular weight is 425 g/mol. The third-order valence-corrected chi connectivity index (χ3v) is 5.08. The number of rotatable bonds is 4. The zero-order chi connectivity index (χ0) is 20.4. The molecule has 0 saturated heterocycles. The number of nitrogens with one attached hydrogen (secondary N) is 1. The lowest BCUT2D eigenvalue weighted by Crippen LogP contribution is -2.23. The topological polar surface area (TPSA) is 58.1 Å². The molecule has 1 heterocycles. The molecular formula is C22H18Cl2N4O. The largest absolute Gasteiger partial charge is 0.329 e. The lowest BCUT2D eigenvalue weighted by Gasteiger charge is -2.21. The molecule has 7 heteroatoms. The first-order valence-corrected chi connectivity index (χ1v) is 9.91. The monoisotopic (exact) mass is 424 g/mol. The Hall–Kier alpha value is -2.89. The first kappa shape index (κ1) is 19.4. The van der Waals surface area contributed by atoms with Gasteiger partial charge in [-0.05, 0) is 66.9 Å². The number of aromatic nitrogens is 2. The molecule has 0 aliphatic heterocycles. The van der Waals surface area contributed by atoms with Gasteiger partial charge in [-0.25, -0.2) is 4.98 Å². The Kier molecular flexibility index (Phi) is 5.51. The van der Waals surface area contributed by atoms with Gasteiger partial charge >= 0.3 is 0 Å². The van der Waals surface area contributed by atoms with E-state index in [2.05, 4.69) is 21.4 Å². The number of nitrogens with zero attached hydrogens (tertiary/aromatic N) is 3. The fourth-order valence-electron chi connectivity index (χ4n) is 3.20. The summed E-state index contributed by atoms with van der Waals surface area (Å²) in [6.45, 7) is 0. The van der Waals surface area contributed by atoms with Crippen molar-refractivity contribution in [2.75, 3.05) is 11.9 Å². The van der Waals surface area contributed by atoms with Gasteiger partial charge in [0.2, 0.25) is 5.28 Å². The van der Waals surface area contributed by atoms with Crippen LogP contribution in [0.3, 0.4) is 0 Å². The van der Waals surface area contributed by atoms with Crippen molar-refractivity contribution in [2.24, 2.45) is 0 Å². The maximum Gasteiger partial charge on any atom is 0.255 e. The molecule has 1 aliphatic rings. The Morgan fingerprint density at radius 3 is 2.76 bits per heavy atom. The van der Waals surface area contributed by atoms with Crippen LogP contribution in [0.4, 0.5) is 11.5 Å². The van der Waals surface area contributed by atoms with E-state index in [9.17, 15) is 4.79 Å². The number of carbonyl (C=O) groups is 1. The summed E-state index contributed by atoms with van der Waals surface area (Å²) in [6, 6.07) is 12.7. The molecule has 5 nitrogen and oxygen atoms in total. The Morgan fingerprint density at radius 1 is 1.10 bits per heavy atom. The summed E-state index contributed by atoms with van der Waals surface area (Å²) >= 11 is 12.2. The molecular weight excluding hydrogens is 407 g/mol. The number of anilines is 2. The van der Waals surface area contributed by atoms with Gasteiger partial charge in [-0.3, -0.25) is 4.79 Å². The van der Waals surface area contributed by atoms with Crippen LogP contribution in [0.5, 0.6) is 0 Å². The summed E-state index contributed by atoms with van der Waals surface area (Å²) in [6.07, 6.45) is 7.93. The molecule has 1 amide bonds. The maximum absolute atomic E-state index is 12.7. The number of amides is 1. The van der Waals surface area contributed by atoms with Crippen molar-refractivity contribution < 1.29 is 4.79 Å². The van der Waals surface area contributed by atoms with Crippen LogP contribution >= 0.6 is 23.2 Å². The summed E-state index contributed by atoms with van der Waals surface area (Å²) in [4.78, 5) is 23.2. The normalized spacial score (nSPS) is 13.3. The molecule has 146 valence electrons. The van der Waals surface area contributed by atoms with Crippen molar-refractivity contribution in [2.45, 2.75) is 12.8 Å². The lowest BCUT2D eigenvalue weighted by atomic mass is 10.1. The zero-order valence-corrected chi connectivity index (χ0v) is 17.2. The SMILES string of the molecule is CN(c1cccc(C(=O)NC2=CCCC=C2)c1)c1nc(Cl)nc2cc(Cl)ccc12. The molecule has 0 fully saturated rings. The van der Waals surface area contributed by atoms with Gasteiger partial charge in [0.1, 0.15) is 5.82 Å². The summed E-state index contributed by atoms with van der Waals surface area (Å²) in [5.41, 5.74) is 2.84. The lowest BCUT2D eigenvalue weighted by molar-refractivity contribution is 0.0967. The van der Waals surface area contributed by atoms with Crippen LogP contribution < -0.4 is 10.2 Å². The first-order chi connectivity index (χ1) is 14.0. The number of allylic oxidation sites excluding steroid dienone is 3. The second-order valence-electron chi connectivity index (χ2n) is 6.68. The van der Waals surface area contributed by atoms with Crippen molar-refractivity contribution in [3.8, 4) is 0 Å². The molecule has 0 unspecified atom stereocenters. The quantitative estimate of drug-likeness (QED) is 0.548. The van der Waals surface area contributed by atoms with Crippen LogP contribution in [0.15, 0.2) is 66.4 Å². The van der Waals surface area contributed by atoms with Crippen molar-refractivity contribution in [3.05, 3.63) is 82.3 Å². The van der Waals surface area contributed by atoms with Gasteiger partial charge in [0.25, 0.3) is 5.91 Å². The molecule has 1 N–H and O–H groups in total. The predicted molar refractivity (Wildman–Crippen MR) is 118 cm³/mol. The van der Waals surface area contributed by atoms with Gasteiger partial charge < -0.3 is 10.2 Å². The third-order valence-electron chi connectivity index (χ3n) is 4.68. The van der Waals surface area contributed by atoms with Gasteiger partial charge in [0, 0.05) is 34.4 Å². The Morgan fingerprint density at radius 2 is 1.97 bits per heavy atom. The molecule has 3 aromatic rings. The highest BCUT2D eigenvalue weighted by Crippen LogP contribution is 2.31. The van der Waals surface area contributed by atoms with E-state index in [-0.39, 0.29) is 11.2 Å². The predicted octanol–water partition coefficient (Wildman–Crippen LogP) is 5.67. The molecule has 2 aromatic carbocycles. The highest BCUT2D eigenvalue weighted by molar-refractivity contribution is 6.31. The van der Waals surface area contributed by atoms with Crippen LogP contribution in [0, 0.1) is 0 Å². The van der Waals surface area contributed by atoms with Gasteiger partial charge in [-0.1, -0.05) is 29.8 Å². The highest BCUT2D eigenvalue weighted by Gasteiger charge is 2.15. The van der Waals surface area contributed by atoms with E-state index in [4.69, 9.17) is 23.2 Å². The molecule has 1 aromatic heterocycles. The number of halogens is 2. The fourth-order valence-corrected chi connectivity index (χ4v) is 3.54. The number of hydrogen-bond acceptors (Lipinski definition) is 4. The summed E-state index contributed by atoms with van der Waals surface area (Å²) in [5, 5.41) is 4.46. The van der Waals surface area contributed by atoms with E-state index in [0.29, 0.717) is 21.9 Å². The molecule has 0 atom stereocenters. The molecule has 0 bridgehead atoms. The molecule has 0 radical (unpaired) electrons. The Labute approximate surface area is 178 Å². The van der Waals surface area contributed by atoms with E-state index >= 15 is 0 Å². The minimum Gasteiger partial charge on any atom is -0.329 e. The number of carbonyl (C=O) groups excluding carboxylic acids is 1. The van der Waals surface area contributed by atoms with Crippen LogP contribution in [0.1, 0.15) is 23.2 Å². The smallest absolute Gasteiger partial charge is 0.255 e. The summed E-state index contributed by atoms with van der Waals surface area (Å²) < 4.78 is 0. The van der Waals surface area contributed by atoms with Crippen molar-refractivity contribution in [3.63, 3.8) is 0 Å². The van der Waals surface area contributed by atoms with Gasteiger partial charge in [0.05, 0.1) is 5.52 Å². The minimum absolute atomic E-state index is 0.131. The molecule has 29 heavy (non-hydrogen) atoms. The molecule has 1 aliphatic carbocycles. The molecule has 0 saturated carbocycles. The number of fused-ring (bicyclic) bond motifs is 1. The summed E-state index contributed by atoms with van der Waals surface area (Å²) in [5.74, 6) is 0.475. The van der Waals surface area contributed by atoms with Crippen LogP contribution in [-0.2, 0) is 0 Å². The molecule has 0 spiro atoms. The van der Waals surface area contributed by atoms with Crippen molar-refractivity contribution in [1.82, 2.24) is 15.3 Å². The zero-order valence-electron chi connectivity index (χ0n) is 15.7. The Bertz CT molecular complexity index is 1150. The Balaban J connectivity index is 1.66. The number of hydrogen-bond donors (Lipinski definition) is 1.